The minimum atomic E-state index is 0.113. The summed E-state index contributed by atoms with van der Waals surface area (Å²) in [4.78, 5) is 4.56. The Morgan fingerprint density at radius 2 is 2.15 bits per heavy atom. The molecule has 0 fully saturated rings. The summed E-state index contributed by atoms with van der Waals surface area (Å²) in [5, 5.41) is 7.10. The van der Waals surface area contributed by atoms with Crippen LogP contribution in [0.15, 0.2) is 11.2 Å². The van der Waals surface area contributed by atoms with E-state index in [0.717, 1.165) is 24.4 Å². The Morgan fingerprint density at radius 3 is 2.85 bits per heavy atom. The van der Waals surface area contributed by atoms with Gasteiger partial charge in [-0.25, -0.2) is 0 Å². The zero-order valence-electron chi connectivity index (χ0n) is 8.39. The van der Waals surface area contributed by atoms with Crippen LogP contribution >= 0.6 is 0 Å². The highest BCUT2D eigenvalue weighted by Gasteiger charge is 2.26. The molecule has 1 aromatic heterocycles. The van der Waals surface area contributed by atoms with Gasteiger partial charge in [0.05, 0.1) is 17.6 Å². The first kappa shape index (κ1) is 8.48. The van der Waals surface area contributed by atoms with Gasteiger partial charge in [-0.1, -0.05) is 20.8 Å². The first-order chi connectivity index (χ1) is 6.09. The fraction of sp³-hybridized carbons (Fsp3) is 0.600. The second-order valence-electron chi connectivity index (χ2n) is 4.50. The molecule has 3 heteroatoms. The molecule has 1 N–H and O–H groups in total. The SMILES string of the molecule is CC(C)(C)C1=NCCc2cn[nH]c21. The van der Waals surface area contributed by atoms with Crippen LogP contribution in [0, 0.1) is 5.41 Å². The van der Waals surface area contributed by atoms with Crippen molar-refractivity contribution in [2.24, 2.45) is 10.4 Å². The van der Waals surface area contributed by atoms with Crippen LogP contribution in [0.5, 0.6) is 0 Å². The number of aromatic amines is 1. The zero-order valence-corrected chi connectivity index (χ0v) is 8.39. The molecule has 0 spiro atoms. The first-order valence-corrected chi connectivity index (χ1v) is 4.66. The van der Waals surface area contributed by atoms with E-state index in [1.54, 1.807) is 0 Å². The minimum absolute atomic E-state index is 0.113. The fourth-order valence-electron chi connectivity index (χ4n) is 1.69. The lowest BCUT2D eigenvalue weighted by Crippen LogP contribution is -2.26. The number of hydrogen-bond acceptors (Lipinski definition) is 2. The van der Waals surface area contributed by atoms with Crippen LogP contribution in [-0.4, -0.2) is 22.5 Å². The van der Waals surface area contributed by atoms with Gasteiger partial charge >= 0.3 is 0 Å². The molecule has 0 saturated carbocycles. The molecule has 0 aliphatic carbocycles. The second-order valence-corrected chi connectivity index (χ2v) is 4.50. The Hall–Kier alpha value is -1.12. The fourth-order valence-corrected chi connectivity index (χ4v) is 1.69. The average Bonchev–Trinajstić information content (AvgIpc) is 2.48. The van der Waals surface area contributed by atoms with Gasteiger partial charge in [-0.05, 0) is 6.42 Å². The van der Waals surface area contributed by atoms with E-state index in [-0.39, 0.29) is 5.41 Å². The van der Waals surface area contributed by atoms with Crippen LogP contribution in [0.3, 0.4) is 0 Å². The number of nitrogens with zero attached hydrogens (tertiary/aromatic N) is 2. The predicted molar refractivity (Wildman–Crippen MR) is 53.2 cm³/mol. The van der Waals surface area contributed by atoms with Crippen LogP contribution in [0.25, 0.3) is 0 Å². The predicted octanol–water partition coefficient (Wildman–Crippen LogP) is 1.80. The molecule has 0 atom stereocenters. The second kappa shape index (κ2) is 2.69. The van der Waals surface area contributed by atoms with Crippen molar-refractivity contribution in [3.05, 3.63) is 17.5 Å². The Labute approximate surface area is 78.3 Å². The Morgan fingerprint density at radius 1 is 1.38 bits per heavy atom. The van der Waals surface area contributed by atoms with Gasteiger partial charge in [0.15, 0.2) is 0 Å². The highest BCUT2D eigenvalue weighted by atomic mass is 15.1. The standard InChI is InChI=1S/C10H15N3/c1-10(2,3)9-8-7(4-5-11-9)6-12-13-8/h6H,4-5H2,1-3H3,(H,12,13). The van der Waals surface area contributed by atoms with Crippen molar-refractivity contribution in [3.63, 3.8) is 0 Å². The summed E-state index contributed by atoms with van der Waals surface area (Å²) in [6.07, 6.45) is 2.93. The Kier molecular flexibility index (Phi) is 1.75. The van der Waals surface area contributed by atoms with Gasteiger partial charge in [-0.3, -0.25) is 10.1 Å². The number of fused-ring (bicyclic) bond motifs is 1. The van der Waals surface area contributed by atoms with Gasteiger partial charge in [0.25, 0.3) is 0 Å². The molecule has 2 heterocycles. The molecule has 1 aliphatic heterocycles. The molecule has 3 nitrogen and oxygen atoms in total. The van der Waals surface area contributed by atoms with Gasteiger partial charge < -0.3 is 0 Å². The number of rotatable bonds is 0. The average molecular weight is 177 g/mol. The van der Waals surface area contributed by atoms with Crippen LogP contribution < -0.4 is 0 Å². The van der Waals surface area contributed by atoms with Crippen molar-refractivity contribution in [2.45, 2.75) is 27.2 Å². The summed E-state index contributed by atoms with van der Waals surface area (Å²) >= 11 is 0. The maximum Gasteiger partial charge on any atom is 0.0826 e. The van der Waals surface area contributed by atoms with E-state index < -0.39 is 0 Å². The Bertz CT molecular complexity index is 341. The molecule has 0 bridgehead atoms. The topological polar surface area (TPSA) is 41.0 Å². The van der Waals surface area contributed by atoms with E-state index in [1.165, 1.54) is 5.56 Å². The van der Waals surface area contributed by atoms with Crippen LogP contribution in [0.2, 0.25) is 0 Å². The number of nitrogens with one attached hydrogen (secondary N) is 1. The molecule has 13 heavy (non-hydrogen) atoms. The summed E-state index contributed by atoms with van der Waals surface area (Å²) in [6, 6.07) is 0. The molecular weight excluding hydrogens is 162 g/mol. The summed E-state index contributed by atoms with van der Waals surface area (Å²) in [5.74, 6) is 0. The molecule has 1 aromatic rings. The largest absolute Gasteiger partial charge is 0.287 e. The third-order valence-electron chi connectivity index (χ3n) is 2.32. The van der Waals surface area contributed by atoms with E-state index in [2.05, 4.69) is 36.0 Å². The third kappa shape index (κ3) is 1.39. The van der Waals surface area contributed by atoms with Crippen molar-refractivity contribution in [3.8, 4) is 0 Å². The maximum absolute atomic E-state index is 4.56. The van der Waals surface area contributed by atoms with E-state index in [9.17, 15) is 0 Å². The Balaban J connectivity index is 2.47. The maximum atomic E-state index is 4.56. The lowest BCUT2D eigenvalue weighted by molar-refractivity contribution is 0.583. The number of aliphatic imine (C=N–C) groups is 1. The van der Waals surface area contributed by atoms with Gasteiger partial charge in [-0.15, -0.1) is 0 Å². The molecule has 0 amide bonds. The molecule has 0 aromatic carbocycles. The van der Waals surface area contributed by atoms with Crippen molar-refractivity contribution < 1.29 is 0 Å². The molecule has 70 valence electrons. The summed E-state index contributed by atoms with van der Waals surface area (Å²) in [7, 11) is 0. The summed E-state index contributed by atoms with van der Waals surface area (Å²) in [6.45, 7) is 7.45. The molecular formula is C10H15N3. The number of hydrogen-bond donors (Lipinski definition) is 1. The number of H-pyrrole nitrogens is 1. The van der Waals surface area contributed by atoms with Gasteiger partial charge in [0.2, 0.25) is 0 Å². The van der Waals surface area contributed by atoms with E-state index in [1.807, 2.05) is 6.20 Å². The zero-order chi connectivity index (χ0) is 9.47. The highest BCUT2D eigenvalue weighted by Crippen LogP contribution is 2.25. The molecule has 1 aliphatic rings. The van der Waals surface area contributed by atoms with Gasteiger partial charge in [-0.2, -0.15) is 5.10 Å². The van der Waals surface area contributed by atoms with Crippen molar-refractivity contribution >= 4 is 5.71 Å². The van der Waals surface area contributed by atoms with Crippen LogP contribution in [-0.2, 0) is 6.42 Å². The minimum Gasteiger partial charge on any atom is -0.287 e. The van der Waals surface area contributed by atoms with E-state index >= 15 is 0 Å². The van der Waals surface area contributed by atoms with Crippen molar-refractivity contribution in [1.82, 2.24) is 10.2 Å². The molecule has 2 rings (SSSR count). The molecule has 0 radical (unpaired) electrons. The smallest absolute Gasteiger partial charge is 0.0826 e. The van der Waals surface area contributed by atoms with Gasteiger partial charge in [0, 0.05) is 17.5 Å². The monoisotopic (exact) mass is 177 g/mol. The van der Waals surface area contributed by atoms with Crippen molar-refractivity contribution in [1.29, 1.82) is 0 Å². The summed E-state index contributed by atoms with van der Waals surface area (Å²) in [5.41, 5.74) is 3.71. The van der Waals surface area contributed by atoms with Crippen molar-refractivity contribution in [2.75, 3.05) is 6.54 Å². The summed E-state index contributed by atoms with van der Waals surface area (Å²) < 4.78 is 0. The normalized spacial score (nSPS) is 16.7. The van der Waals surface area contributed by atoms with Gasteiger partial charge in [0.1, 0.15) is 0 Å². The highest BCUT2D eigenvalue weighted by molar-refractivity contribution is 6.04. The van der Waals surface area contributed by atoms with E-state index in [4.69, 9.17) is 0 Å². The third-order valence-corrected chi connectivity index (χ3v) is 2.32. The number of aromatic nitrogens is 2. The lowest BCUT2D eigenvalue weighted by Gasteiger charge is -2.24. The molecule has 0 saturated heterocycles. The van der Waals surface area contributed by atoms with E-state index in [0.29, 0.717) is 0 Å². The van der Waals surface area contributed by atoms with Crippen LogP contribution in [0.4, 0.5) is 0 Å². The van der Waals surface area contributed by atoms with Crippen LogP contribution in [0.1, 0.15) is 32.0 Å². The lowest BCUT2D eigenvalue weighted by atomic mass is 9.85. The quantitative estimate of drug-likeness (QED) is 0.645. The first-order valence-electron chi connectivity index (χ1n) is 4.66. The molecule has 0 unspecified atom stereocenters.